The number of methoxy groups -OCH3 is 1. The van der Waals surface area contributed by atoms with Crippen molar-refractivity contribution in [1.29, 1.82) is 0 Å². The fourth-order valence-electron chi connectivity index (χ4n) is 1.43. The fraction of sp³-hybridized carbons (Fsp3) is 0.0909. The van der Waals surface area contributed by atoms with E-state index in [9.17, 15) is 4.79 Å². The van der Waals surface area contributed by atoms with Crippen LogP contribution >= 0.6 is 0 Å². The summed E-state index contributed by atoms with van der Waals surface area (Å²) >= 11 is 0. The lowest BCUT2D eigenvalue weighted by Crippen LogP contribution is -2.04. The lowest BCUT2D eigenvalue weighted by atomic mass is 10.1. The number of hydrogen-bond donors (Lipinski definition) is 1. The minimum atomic E-state index is -0.980. The number of aromatic carboxylic acids is 1. The summed E-state index contributed by atoms with van der Waals surface area (Å²) < 4.78 is 6.69. The van der Waals surface area contributed by atoms with E-state index in [-0.39, 0.29) is 5.56 Å². The molecule has 0 unspecified atom stereocenters. The van der Waals surface area contributed by atoms with Gasteiger partial charge in [0, 0.05) is 18.5 Å². The third-order valence-corrected chi connectivity index (χ3v) is 2.22. The number of aromatic nitrogens is 2. The minimum absolute atomic E-state index is 0.207. The Hall–Kier alpha value is -2.30. The molecule has 0 amide bonds. The third kappa shape index (κ3) is 1.75. The normalized spacial score (nSPS) is 10.1. The summed E-state index contributed by atoms with van der Waals surface area (Å²) in [4.78, 5) is 14.9. The van der Waals surface area contributed by atoms with E-state index in [1.807, 2.05) is 0 Å². The van der Waals surface area contributed by atoms with Gasteiger partial charge in [-0.05, 0) is 12.1 Å². The SMILES string of the molecule is COc1ccc(C(=O)O)c(-n2ccnc2)c1. The van der Waals surface area contributed by atoms with E-state index in [1.54, 1.807) is 35.4 Å². The van der Waals surface area contributed by atoms with E-state index in [0.717, 1.165) is 0 Å². The Morgan fingerprint density at radius 1 is 1.50 bits per heavy atom. The average molecular weight is 218 g/mol. The average Bonchev–Trinajstić information content (AvgIpc) is 2.81. The second-order valence-electron chi connectivity index (χ2n) is 3.16. The van der Waals surface area contributed by atoms with Crippen LogP contribution < -0.4 is 4.74 Å². The molecule has 1 heterocycles. The molecule has 1 aromatic carbocycles. The second kappa shape index (κ2) is 4.06. The van der Waals surface area contributed by atoms with E-state index in [4.69, 9.17) is 9.84 Å². The van der Waals surface area contributed by atoms with Gasteiger partial charge in [0.05, 0.1) is 24.7 Å². The Morgan fingerprint density at radius 3 is 2.88 bits per heavy atom. The van der Waals surface area contributed by atoms with Gasteiger partial charge < -0.3 is 14.4 Å². The van der Waals surface area contributed by atoms with E-state index in [2.05, 4.69) is 4.98 Å². The van der Waals surface area contributed by atoms with Gasteiger partial charge >= 0.3 is 5.97 Å². The molecule has 0 aliphatic heterocycles. The van der Waals surface area contributed by atoms with Crippen molar-refractivity contribution in [2.24, 2.45) is 0 Å². The number of carboxylic acid groups (broad SMARTS) is 1. The van der Waals surface area contributed by atoms with Gasteiger partial charge in [0.2, 0.25) is 0 Å². The lowest BCUT2D eigenvalue weighted by Gasteiger charge is -2.08. The van der Waals surface area contributed by atoms with Gasteiger partial charge in [-0.15, -0.1) is 0 Å². The zero-order valence-electron chi connectivity index (χ0n) is 8.62. The molecular formula is C11H10N2O3. The molecule has 2 aromatic rings. The molecule has 0 saturated heterocycles. The quantitative estimate of drug-likeness (QED) is 0.849. The van der Waals surface area contributed by atoms with Crippen molar-refractivity contribution in [3.8, 4) is 11.4 Å². The monoisotopic (exact) mass is 218 g/mol. The maximum Gasteiger partial charge on any atom is 0.337 e. The van der Waals surface area contributed by atoms with Gasteiger partial charge in [0.1, 0.15) is 5.75 Å². The maximum absolute atomic E-state index is 11.0. The fourth-order valence-corrected chi connectivity index (χ4v) is 1.43. The highest BCUT2D eigenvalue weighted by molar-refractivity contribution is 5.92. The van der Waals surface area contributed by atoms with Crippen LogP contribution in [0.25, 0.3) is 5.69 Å². The van der Waals surface area contributed by atoms with Crippen molar-refractivity contribution in [2.75, 3.05) is 7.11 Å². The zero-order chi connectivity index (χ0) is 11.5. The highest BCUT2D eigenvalue weighted by atomic mass is 16.5. The van der Waals surface area contributed by atoms with Gasteiger partial charge in [-0.25, -0.2) is 9.78 Å². The molecule has 0 bridgehead atoms. The molecule has 0 fully saturated rings. The number of benzene rings is 1. The van der Waals surface area contributed by atoms with Crippen LogP contribution in [0.3, 0.4) is 0 Å². The van der Waals surface area contributed by atoms with Crippen LogP contribution in [0.4, 0.5) is 0 Å². The van der Waals surface area contributed by atoms with E-state index in [0.29, 0.717) is 11.4 Å². The number of rotatable bonds is 3. The number of carboxylic acids is 1. The molecule has 0 spiro atoms. The summed E-state index contributed by atoms with van der Waals surface area (Å²) in [6.45, 7) is 0. The molecule has 5 heteroatoms. The maximum atomic E-state index is 11.0. The van der Waals surface area contributed by atoms with Crippen molar-refractivity contribution < 1.29 is 14.6 Å². The van der Waals surface area contributed by atoms with Gasteiger partial charge in [-0.2, -0.15) is 0 Å². The van der Waals surface area contributed by atoms with Crippen LogP contribution in [0.1, 0.15) is 10.4 Å². The standard InChI is InChI=1S/C11H10N2O3/c1-16-8-2-3-9(11(14)15)10(6-8)13-5-4-12-7-13/h2-7H,1H3,(H,14,15). The first-order valence-corrected chi connectivity index (χ1v) is 4.62. The third-order valence-electron chi connectivity index (χ3n) is 2.22. The molecular weight excluding hydrogens is 208 g/mol. The van der Waals surface area contributed by atoms with Gasteiger partial charge in [-0.1, -0.05) is 0 Å². The number of hydrogen-bond acceptors (Lipinski definition) is 3. The minimum Gasteiger partial charge on any atom is -0.497 e. The van der Waals surface area contributed by atoms with Crippen molar-refractivity contribution in [3.63, 3.8) is 0 Å². The first-order valence-electron chi connectivity index (χ1n) is 4.62. The van der Waals surface area contributed by atoms with Crippen LogP contribution in [0.15, 0.2) is 36.9 Å². The Kier molecular flexibility index (Phi) is 2.59. The van der Waals surface area contributed by atoms with E-state index in [1.165, 1.54) is 13.2 Å². The van der Waals surface area contributed by atoms with Crippen LogP contribution in [0.5, 0.6) is 5.75 Å². The second-order valence-corrected chi connectivity index (χ2v) is 3.16. The molecule has 1 aromatic heterocycles. The molecule has 2 rings (SSSR count). The van der Waals surface area contributed by atoms with Crippen LogP contribution in [0.2, 0.25) is 0 Å². The molecule has 1 N–H and O–H groups in total. The van der Waals surface area contributed by atoms with Gasteiger partial charge in [0.15, 0.2) is 0 Å². The Bertz CT molecular complexity index is 506. The molecule has 0 saturated carbocycles. The molecule has 16 heavy (non-hydrogen) atoms. The predicted molar refractivity (Wildman–Crippen MR) is 57.1 cm³/mol. The van der Waals surface area contributed by atoms with Crippen molar-refractivity contribution in [1.82, 2.24) is 9.55 Å². The largest absolute Gasteiger partial charge is 0.497 e. The summed E-state index contributed by atoms with van der Waals surface area (Å²) in [6.07, 6.45) is 4.81. The van der Waals surface area contributed by atoms with Gasteiger partial charge in [-0.3, -0.25) is 0 Å². The van der Waals surface area contributed by atoms with Crippen LogP contribution in [0, 0.1) is 0 Å². The molecule has 5 nitrogen and oxygen atoms in total. The van der Waals surface area contributed by atoms with Crippen LogP contribution in [-0.4, -0.2) is 27.7 Å². The van der Waals surface area contributed by atoms with Crippen molar-refractivity contribution in [3.05, 3.63) is 42.5 Å². The number of nitrogens with zero attached hydrogens (tertiary/aromatic N) is 2. The number of imidazole rings is 1. The highest BCUT2D eigenvalue weighted by Crippen LogP contribution is 2.21. The molecule has 0 atom stereocenters. The van der Waals surface area contributed by atoms with Gasteiger partial charge in [0.25, 0.3) is 0 Å². The molecule has 0 radical (unpaired) electrons. The van der Waals surface area contributed by atoms with E-state index < -0.39 is 5.97 Å². The summed E-state index contributed by atoms with van der Waals surface area (Å²) in [5.41, 5.74) is 0.739. The summed E-state index contributed by atoms with van der Waals surface area (Å²) in [5.74, 6) is -0.375. The first kappa shape index (κ1) is 10.2. The van der Waals surface area contributed by atoms with Crippen LogP contribution in [-0.2, 0) is 0 Å². The van der Waals surface area contributed by atoms with Crippen molar-refractivity contribution >= 4 is 5.97 Å². The molecule has 82 valence electrons. The molecule has 0 aliphatic rings. The summed E-state index contributed by atoms with van der Waals surface area (Å²) in [6, 6.07) is 4.78. The summed E-state index contributed by atoms with van der Waals surface area (Å²) in [5, 5.41) is 9.05. The highest BCUT2D eigenvalue weighted by Gasteiger charge is 2.12. The predicted octanol–water partition coefficient (Wildman–Crippen LogP) is 1.58. The first-order chi connectivity index (χ1) is 7.72. The summed E-state index contributed by atoms with van der Waals surface area (Å²) in [7, 11) is 1.54. The topological polar surface area (TPSA) is 64.3 Å². The Morgan fingerprint density at radius 2 is 2.31 bits per heavy atom. The zero-order valence-corrected chi connectivity index (χ0v) is 8.62. The molecule has 0 aliphatic carbocycles. The lowest BCUT2D eigenvalue weighted by molar-refractivity contribution is 0.0697. The van der Waals surface area contributed by atoms with Crippen molar-refractivity contribution in [2.45, 2.75) is 0 Å². The Balaban J connectivity index is 2.59. The number of ether oxygens (including phenoxy) is 1. The smallest absolute Gasteiger partial charge is 0.337 e. The van der Waals surface area contributed by atoms with E-state index >= 15 is 0 Å². The Labute approximate surface area is 91.9 Å². The number of carbonyl (C=O) groups is 1.